The molecule has 3 aliphatic rings. The summed E-state index contributed by atoms with van der Waals surface area (Å²) in [4.78, 5) is 30.1. The second-order valence-corrected chi connectivity index (χ2v) is 11.6. The molecule has 192 valence electrons. The van der Waals surface area contributed by atoms with Crippen molar-refractivity contribution in [2.45, 2.75) is 52.4 Å². The SMILES string of the molecule is Cc1cnc2nc3c(cc2c1)CCc1cc2c(nc1-3)-c1nc3nc4c(cc3cc1CC2)CCc1ccc(C)nc1-4. The summed E-state index contributed by atoms with van der Waals surface area (Å²) >= 11 is 0. The number of aromatic nitrogens is 6. The molecular formula is C34H26N6. The largest absolute Gasteiger partial charge is 0.251 e. The highest BCUT2D eigenvalue weighted by molar-refractivity contribution is 5.87. The van der Waals surface area contributed by atoms with Gasteiger partial charge in [0.25, 0.3) is 0 Å². The number of hydrogen-bond acceptors (Lipinski definition) is 6. The number of nitrogens with zero attached hydrogens (tertiary/aromatic N) is 6. The summed E-state index contributed by atoms with van der Waals surface area (Å²) in [5.74, 6) is 0. The van der Waals surface area contributed by atoms with E-state index in [4.69, 9.17) is 24.9 Å². The van der Waals surface area contributed by atoms with E-state index in [0.29, 0.717) is 0 Å². The molecule has 0 fully saturated rings. The van der Waals surface area contributed by atoms with Gasteiger partial charge in [-0.05, 0) is 122 Å². The van der Waals surface area contributed by atoms with E-state index in [1.165, 1.54) is 33.4 Å². The Morgan fingerprint density at radius 2 is 0.925 bits per heavy atom. The summed E-state index contributed by atoms with van der Waals surface area (Å²) in [7, 11) is 0. The van der Waals surface area contributed by atoms with Crippen molar-refractivity contribution >= 4 is 22.1 Å². The molecule has 0 saturated carbocycles. The monoisotopic (exact) mass is 518 g/mol. The molecule has 9 rings (SSSR count). The van der Waals surface area contributed by atoms with Gasteiger partial charge >= 0.3 is 0 Å². The van der Waals surface area contributed by atoms with Crippen molar-refractivity contribution in [2.24, 2.45) is 0 Å². The standard InChI is InChI=1S/C34H26N6/c1-17-11-25-13-23-9-7-20-12-21-8-10-24-15-26-14-22-6-5-19-4-3-18(2)36-27(19)30(22)39-34(26)40-32(24)29(21)37-28(20)31(23)38-33(25)35-16-17/h3-4,11-16H,5-10H2,1-2H3. The summed E-state index contributed by atoms with van der Waals surface area (Å²) < 4.78 is 0. The number of pyridine rings is 6. The van der Waals surface area contributed by atoms with Crippen molar-refractivity contribution in [2.75, 3.05) is 0 Å². The van der Waals surface area contributed by atoms with Crippen molar-refractivity contribution in [1.29, 1.82) is 0 Å². The summed E-state index contributed by atoms with van der Waals surface area (Å²) in [5.41, 5.74) is 17.2. The first kappa shape index (κ1) is 22.3. The quantitative estimate of drug-likeness (QED) is 0.236. The predicted octanol–water partition coefficient (Wildman–Crippen LogP) is 6.28. The van der Waals surface area contributed by atoms with Crippen LogP contribution in [0.5, 0.6) is 0 Å². The topological polar surface area (TPSA) is 77.3 Å². The lowest BCUT2D eigenvalue weighted by Crippen LogP contribution is -2.14. The van der Waals surface area contributed by atoms with Crippen LogP contribution in [0.1, 0.15) is 44.6 Å². The third kappa shape index (κ3) is 3.22. The van der Waals surface area contributed by atoms with E-state index in [1.807, 2.05) is 13.1 Å². The number of hydrogen-bond donors (Lipinski definition) is 0. The molecule has 0 spiro atoms. The molecule has 0 N–H and O–H groups in total. The predicted molar refractivity (Wildman–Crippen MR) is 156 cm³/mol. The fraction of sp³-hybridized carbons (Fsp3) is 0.235. The van der Waals surface area contributed by atoms with Gasteiger partial charge in [-0.3, -0.25) is 4.98 Å². The first-order chi connectivity index (χ1) is 19.6. The highest BCUT2D eigenvalue weighted by atomic mass is 14.9. The lowest BCUT2D eigenvalue weighted by Gasteiger charge is -2.25. The Kier molecular flexibility index (Phi) is 4.44. The Bertz CT molecular complexity index is 2090. The van der Waals surface area contributed by atoms with Crippen molar-refractivity contribution in [3.05, 3.63) is 93.3 Å². The van der Waals surface area contributed by atoms with Crippen molar-refractivity contribution in [3.63, 3.8) is 0 Å². The summed E-state index contributed by atoms with van der Waals surface area (Å²) in [5, 5.41) is 2.20. The van der Waals surface area contributed by atoms with Crippen molar-refractivity contribution in [1.82, 2.24) is 29.9 Å². The van der Waals surface area contributed by atoms with Crippen molar-refractivity contribution < 1.29 is 0 Å². The average Bonchev–Trinajstić information content (AvgIpc) is 2.97. The Balaban J connectivity index is 1.23. The van der Waals surface area contributed by atoms with E-state index in [-0.39, 0.29) is 0 Å². The molecule has 0 bridgehead atoms. The first-order valence-corrected chi connectivity index (χ1v) is 14.2. The maximum absolute atomic E-state index is 5.31. The lowest BCUT2D eigenvalue weighted by molar-refractivity contribution is 0.876. The van der Waals surface area contributed by atoms with Gasteiger partial charge < -0.3 is 0 Å². The van der Waals surface area contributed by atoms with Gasteiger partial charge in [0, 0.05) is 22.7 Å². The minimum atomic E-state index is 0.769. The van der Waals surface area contributed by atoms with E-state index in [2.05, 4.69) is 54.4 Å². The van der Waals surface area contributed by atoms with E-state index in [1.54, 1.807) is 0 Å². The minimum Gasteiger partial charge on any atom is -0.251 e. The third-order valence-electron chi connectivity index (χ3n) is 8.81. The summed E-state index contributed by atoms with van der Waals surface area (Å²) in [6.45, 7) is 4.12. The third-order valence-corrected chi connectivity index (χ3v) is 8.81. The maximum atomic E-state index is 5.31. The number of fused-ring (bicyclic) bond motifs is 11. The zero-order chi connectivity index (χ0) is 26.5. The Morgan fingerprint density at radius 3 is 1.55 bits per heavy atom. The molecular weight excluding hydrogens is 492 g/mol. The average molecular weight is 519 g/mol. The molecule has 0 saturated heterocycles. The maximum Gasteiger partial charge on any atom is 0.160 e. The van der Waals surface area contributed by atoms with E-state index in [0.717, 1.165) is 106 Å². The second-order valence-electron chi connectivity index (χ2n) is 11.6. The van der Waals surface area contributed by atoms with Crippen LogP contribution in [0.15, 0.2) is 48.7 Å². The molecule has 0 unspecified atom stereocenters. The summed E-state index contributed by atoms with van der Waals surface area (Å²) in [6, 6.07) is 15.6. The molecule has 6 aromatic rings. The van der Waals surface area contributed by atoms with Gasteiger partial charge in [-0.2, -0.15) is 0 Å². The van der Waals surface area contributed by atoms with Crippen LogP contribution in [-0.2, 0) is 38.5 Å². The van der Waals surface area contributed by atoms with Crippen LogP contribution in [0.3, 0.4) is 0 Å². The molecule has 6 heteroatoms. The molecule has 0 radical (unpaired) electrons. The fourth-order valence-corrected chi connectivity index (χ4v) is 6.79. The first-order valence-electron chi connectivity index (χ1n) is 14.2. The van der Waals surface area contributed by atoms with E-state index in [9.17, 15) is 0 Å². The normalized spacial score (nSPS) is 14.7. The number of aryl methyl sites for hydroxylation is 8. The van der Waals surface area contributed by atoms with Gasteiger partial charge in [0.05, 0.1) is 34.2 Å². The molecule has 6 aromatic heterocycles. The smallest absolute Gasteiger partial charge is 0.160 e. The fourth-order valence-electron chi connectivity index (χ4n) is 6.79. The van der Waals surface area contributed by atoms with E-state index < -0.39 is 0 Å². The Morgan fingerprint density at radius 1 is 0.450 bits per heavy atom. The zero-order valence-corrected chi connectivity index (χ0v) is 22.5. The molecule has 40 heavy (non-hydrogen) atoms. The lowest BCUT2D eigenvalue weighted by atomic mass is 9.86. The highest BCUT2D eigenvalue weighted by Gasteiger charge is 2.27. The van der Waals surface area contributed by atoms with Crippen LogP contribution in [0, 0.1) is 13.8 Å². The molecule has 0 aliphatic heterocycles. The second kappa shape index (κ2) is 7.98. The molecule has 6 heterocycles. The Labute approximate surface area is 231 Å². The van der Waals surface area contributed by atoms with Crippen LogP contribution < -0.4 is 0 Å². The Hall–Kier alpha value is -4.58. The molecule has 0 aromatic carbocycles. The van der Waals surface area contributed by atoms with Crippen molar-refractivity contribution in [3.8, 4) is 34.2 Å². The minimum absolute atomic E-state index is 0.769. The van der Waals surface area contributed by atoms with Crippen LogP contribution >= 0.6 is 0 Å². The van der Waals surface area contributed by atoms with Gasteiger partial charge in [-0.15, -0.1) is 0 Å². The molecule has 3 aliphatic carbocycles. The van der Waals surface area contributed by atoms with Gasteiger partial charge in [-0.25, -0.2) is 24.9 Å². The molecule has 6 nitrogen and oxygen atoms in total. The molecule has 0 amide bonds. The van der Waals surface area contributed by atoms with E-state index >= 15 is 0 Å². The van der Waals surface area contributed by atoms with Crippen LogP contribution in [0.4, 0.5) is 0 Å². The van der Waals surface area contributed by atoms with Crippen LogP contribution in [0.25, 0.3) is 56.2 Å². The van der Waals surface area contributed by atoms with Crippen LogP contribution in [0.2, 0.25) is 0 Å². The zero-order valence-electron chi connectivity index (χ0n) is 22.5. The van der Waals surface area contributed by atoms with Gasteiger partial charge in [0.15, 0.2) is 11.3 Å². The number of rotatable bonds is 0. The van der Waals surface area contributed by atoms with Gasteiger partial charge in [0.2, 0.25) is 0 Å². The molecule has 0 atom stereocenters. The van der Waals surface area contributed by atoms with Crippen LogP contribution in [-0.4, -0.2) is 29.9 Å². The summed E-state index contributed by atoms with van der Waals surface area (Å²) in [6.07, 6.45) is 7.77. The van der Waals surface area contributed by atoms with Gasteiger partial charge in [0.1, 0.15) is 0 Å². The van der Waals surface area contributed by atoms with Gasteiger partial charge in [-0.1, -0.05) is 12.1 Å². The highest BCUT2D eigenvalue weighted by Crippen LogP contribution is 2.40.